The van der Waals surface area contributed by atoms with Crippen LogP contribution in [0.5, 0.6) is 0 Å². The van der Waals surface area contributed by atoms with Gasteiger partial charge in [0.2, 0.25) is 0 Å². The number of likely N-dealkylation sites (tertiary alicyclic amines) is 1. The first-order valence-corrected chi connectivity index (χ1v) is 14.9. The van der Waals surface area contributed by atoms with Crippen LogP contribution in [0.15, 0.2) is 11.2 Å². The minimum atomic E-state index is -0.479. The van der Waals surface area contributed by atoms with E-state index in [4.69, 9.17) is 20.2 Å². The third-order valence-electron chi connectivity index (χ3n) is 8.96. The van der Waals surface area contributed by atoms with Crippen molar-refractivity contribution in [3.63, 3.8) is 0 Å². The second-order valence-electron chi connectivity index (χ2n) is 11.2. The van der Waals surface area contributed by atoms with Gasteiger partial charge in [-0.1, -0.05) is 19.4 Å². The van der Waals surface area contributed by atoms with Gasteiger partial charge in [0.1, 0.15) is 16.9 Å². The smallest absolute Gasteiger partial charge is 0.159 e. The molecule has 6 rings (SSSR count). The monoisotopic (exact) mass is 577 g/mol. The summed E-state index contributed by atoms with van der Waals surface area (Å²) in [6, 6.07) is 2.18. The summed E-state index contributed by atoms with van der Waals surface area (Å²) in [5.74, 6) is 1.08. The third-order valence-corrected chi connectivity index (χ3v) is 10.6. The standard InChI is InChI=1S/C30H33FN5O2PS/c1-5-15(2)23-19(7-34-17(4)36-9-16(3)30(12-36)13-38-14-30)20-10-37-11-21(20)24(27(23)39)26-25-18(6-32)29(33)40-28(25)22(31)8-35-26/h7-8,16H,5,9-14,33,39H2,1-4H3/b19-7-,23-15?,34-17?. The molecule has 2 N–H and O–H groups in total. The van der Waals surface area contributed by atoms with E-state index in [1.54, 1.807) is 0 Å². The predicted molar refractivity (Wildman–Crippen MR) is 162 cm³/mol. The third kappa shape index (κ3) is 4.08. The summed E-state index contributed by atoms with van der Waals surface area (Å²) in [6.45, 7) is 13.1. The Kier molecular flexibility index (Phi) is 6.95. The van der Waals surface area contributed by atoms with E-state index in [0.717, 1.165) is 82.3 Å². The summed E-state index contributed by atoms with van der Waals surface area (Å²) < 4.78 is 26.7. The molecule has 1 spiro atoms. The van der Waals surface area contributed by atoms with Crippen molar-refractivity contribution in [1.82, 2.24) is 9.88 Å². The van der Waals surface area contributed by atoms with Crippen molar-refractivity contribution in [3.8, 4) is 17.3 Å². The van der Waals surface area contributed by atoms with Gasteiger partial charge in [-0.3, -0.25) is 4.98 Å². The quantitative estimate of drug-likeness (QED) is 0.289. The van der Waals surface area contributed by atoms with Crippen LogP contribution < -0.4 is 21.5 Å². The zero-order valence-electron chi connectivity index (χ0n) is 23.2. The van der Waals surface area contributed by atoms with Gasteiger partial charge < -0.3 is 20.1 Å². The van der Waals surface area contributed by atoms with Gasteiger partial charge in [0, 0.05) is 40.9 Å². The maximum atomic E-state index is 14.8. The zero-order valence-corrected chi connectivity index (χ0v) is 25.2. The molecule has 0 saturated carbocycles. The molecule has 7 nitrogen and oxygen atoms in total. The van der Waals surface area contributed by atoms with Gasteiger partial charge in [0.15, 0.2) is 5.82 Å². The number of hydrogen-bond donors (Lipinski definition) is 1. The van der Waals surface area contributed by atoms with Gasteiger partial charge in [0.05, 0.1) is 48.6 Å². The molecule has 40 heavy (non-hydrogen) atoms. The van der Waals surface area contributed by atoms with Crippen LogP contribution in [0.2, 0.25) is 0 Å². The highest BCUT2D eigenvalue weighted by Crippen LogP contribution is 2.43. The molecule has 3 aliphatic rings. The van der Waals surface area contributed by atoms with Crippen LogP contribution in [0.3, 0.4) is 0 Å². The molecule has 0 radical (unpaired) electrons. The summed E-state index contributed by atoms with van der Waals surface area (Å²) in [6.07, 6.45) is 4.05. The van der Waals surface area contributed by atoms with Gasteiger partial charge >= 0.3 is 0 Å². The molecule has 2 atom stereocenters. The molecule has 208 valence electrons. The highest BCUT2D eigenvalue weighted by atomic mass is 32.1. The molecule has 0 aliphatic carbocycles. The highest BCUT2D eigenvalue weighted by molar-refractivity contribution is 7.28. The van der Waals surface area contributed by atoms with Crippen molar-refractivity contribution in [2.24, 2.45) is 16.3 Å². The number of nitriles is 1. The SMILES string of the molecule is CCC(C)=c1c(P)c(-c2ncc(F)c3sc(N)c(C#N)c23)c2c(/c1=C/N=C(C)N1CC(C)C3(COC3)C1)COC2. The summed E-state index contributed by atoms with van der Waals surface area (Å²) in [7, 11) is 2.90. The lowest BCUT2D eigenvalue weighted by atomic mass is 9.77. The number of ether oxygens (including phenoxy) is 2. The molecule has 10 heteroatoms. The number of rotatable bonds is 3. The lowest BCUT2D eigenvalue weighted by molar-refractivity contribution is -0.123. The number of benzene rings is 1. The number of thiophene rings is 1. The van der Waals surface area contributed by atoms with E-state index in [1.165, 1.54) is 11.8 Å². The van der Waals surface area contributed by atoms with Crippen molar-refractivity contribution in [3.05, 3.63) is 39.1 Å². The average Bonchev–Trinajstić information content (AvgIpc) is 3.62. The number of halogens is 1. The van der Waals surface area contributed by atoms with Gasteiger partial charge in [-0.15, -0.1) is 20.6 Å². The number of aromatic nitrogens is 1. The molecular weight excluding hydrogens is 544 g/mol. The lowest BCUT2D eigenvalue weighted by Crippen LogP contribution is -2.48. The van der Waals surface area contributed by atoms with Crippen molar-refractivity contribution >= 4 is 58.6 Å². The normalized spacial score (nSPS) is 21.2. The molecule has 3 aromatic rings. The number of amidine groups is 1. The number of fused-ring (bicyclic) bond motifs is 2. The molecule has 1 aromatic carbocycles. The van der Waals surface area contributed by atoms with E-state index >= 15 is 0 Å². The fourth-order valence-corrected chi connectivity index (χ4v) is 7.90. The van der Waals surface area contributed by atoms with Gasteiger partial charge in [-0.05, 0) is 47.8 Å². The van der Waals surface area contributed by atoms with E-state index in [2.05, 4.69) is 52.9 Å². The lowest BCUT2D eigenvalue weighted by Gasteiger charge is -2.41. The summed E-state index contributed by atoms with van der Waals surface area (Å²) in [4.78, 5) is 11.9. The molecule has 0 bridgehead atoms. The minimum Gasteiger partial charge on any atom is -0.389 e. The maximum Gasteiger partial charge on any atom is 0.159 e. The zero-order chi connectivity index (χ0) is 28.3. The molecule has 3 aliphatic heterocycles. The largest absolute Gasteiger partial charge is 0.389 e. The highest BCUT2D eigenvalue weighted by Gasteiger charge is 2.50. The van der Waals surface area contributed by atoms with Crippen LogP contribution >= 0.6 is 20.6 Å². The van der Waals surface area contributed by atoms with E-state index in [-0.39, 0.29) is 11.0 Å². The Hall–Kier alpha value is -2.89. The van der Waals surface area contributed by atoms with Gasteiger partial charge in [-0.2, -0.15) is 5.26 Å². The Morgan fingerprint density at radius 1 is 1.35 bits per heavy atom. The number of hydrogen-bond acceptors (Lipinski definition) is 7. The Balaban J connectivity index is 1.58. The average molecular weight is 578 g/mol. The first kappa shape index (κ1) is 27.3. The molecular formula is C30H33FN5O2PS. The summed E-state index contributed by atoms with van der Waals surface area (Å²) in [5, 5.41) is 13.7. The van der Waals surface area contributed by atoms with Crippen LogP contribution in [-0.4, -0.2) is 42.0 Å². The Labute approximate surface area is 239 Å². The van der Waals surface area contributed by atoms with E-state index in [9.17, 15) is 9.65 Å². The van der Waals surface area contributed by atoms with Gasteiger partial charge in [0.25, 0.3) is 0 Å². The van der Waals surface area contributed by atoms with Crippen LogP contribution in [0.25, 0.3) is 33.1 Å². The number of pyridine rings is 1. The first-order valence-electron chi connectivity index (χ1n) is 13.6. The van der Waals surface area contributed by atoms with Gasteiger partial charge in [-0.25, -0.2) is 9.38 Å². The topological polar surface area (TPSA) is 96.8 Å². The van der Waals surface area contributed by atoms with Crippen LogP contribution in [0, 0.1) is 28.5 Å². The Morgan fingerprint density at radius 3 is 2.75 bits per heavy atom. The second kappa shape index (κ2) is 10.2. The van der Waals surface area contributed by atoms with Crippen molar-refractivity contribution in [2.75, 3.05) is 32.0 Å². The fraction of sp³-hybridized carbons (Fsp3) is 0.433. The number of anilines is 1. The van der Waals surface area contributed by atoms with E-state index in [1.807, 2.05) is 6.20 Å². The Morgan fingerprint density at radius 2 is 2.10 bits per heavy atom. The minimum absolute atomic E-state index is 0.249. The van der Waals surface area contributed by atoms with Crippen LogP contribution in [0.4, 0.5) is 9.39 Å². The van der Waals surface area contributed by atoms with Crippen molar-refractivity contribution in [2.45, 2.75) is 47.3 Å². The number of nitrogen functional groups attached to an aromatic ring is 1. The first-order chi connectivity index (χ1) is 19.2. The molecule has 0 amide bonds. The van der Waals surface area contributed by atoms with Crippen LogP contribution in [0.1, 0.15) is 50.8 Å². The van der Waals surface area contributed by atoms with Crippen molar-refractivity contribution < 1.29 is 13.9 Å². The van der Waals surface area contributed by atoms with Crippen LogP contribution in [-0.2, 0) is 22.7 Å². The fourth-order valence-electron chi connectivity index (χ4n) is 6.26. The maximum absolute atomic E-state index is 14.8. The molecule has 2 fully saturated rings. The number of aliphatic imine (C=N–C) groups is 1. The Bertz CT molecular complexity index is 1750. The predicted octanol–water partition coefficient (Wildman–Crippen LogP) is 3.79. The molecule has 2 saturated heterocycles. The summed E-state index contributed by atoms with van der Waals surface area (Å²) >= 11 is 1.09. The summed E-state index contributed by atoms with van der Waals surface area (Å²) in [5.41, 5.74) is 11.3. The van der Waals surface area contributed by atoms with Crippen molar-refractivity contribution in [1.29, 1.82) is 5.26 Å². The van der Waals surface area contributed by atoms with E-state index in [0.29, 0.717) is 39.9 Å². The molecule has 5 heterocycles. The second-order valence-corrected chi connectivity index (χ2v) is 12.8. The molecule has 2 aromatic heterocycles. The van der Waals surface area contributed by atoms with E-state index < -0.39 is 5.82 Å². The number of nitrogens with two attached hydrogens (primary N) is 1. The number of nitrogens with zero attached hydrogens (tertiary/aromatic N) is 4. The molecule has 2 unspecified atom stereocenters.